The molecule has 0 radical (unpaired) electrons. The molecule has 0 N–H and O–H groups in total. The normalized spacial score (nSPS) is 30.8. The van der Waals surface area contributed by atoms with Crippen LogP contribution in [0.3, 0.4) is 0 Å². The van der Waals surface area contributed by atoms with Gasteiger partial charge in [0.15, 0.2) is 5.78 Å². The van der Waals surface area contributed by atoms with Gasteiger partial charge in [-0.3, -0.25) is 4.79 Å². The maximum absolute atomic E-state index is 12.3. The summed E-state index contributed by atoms with van der Waals surface area (Å²) >= 11 is 3.60. The number of benzene rings is 2. The zero-order chi connectivity index (χ0) is 19.7. The van der Waals surface area contributed by atoms with Crippen LogP contribution < -0.4 is 4.90 Å². The highest BCUT2D eigenvalue weighted by molar-refractivity contribution is 9.10. The summed E-state index contributed by atoms with van der Waals surface area (Å²) in [5.74, 6) is 2.17. The third-order valence-corrected chi connectivity index (χ3v) is 8.00. The first kappa shape index (κ1) is 17.7. The van der Waals surface area contributed by atoms with E-state index in [1.54, 1.807) is 6.92 Å². The number of nitrogens with zero attached hydrogens (tertiary/aromatic N) is 1. The van der Waals surface area contributed by atoms with Gasteiger partial charge in [-0.25, -0.2) is 0 Å². The van der Waals surface area contributed by atoms with Crippen molar-refractivity contribution in [1.82, 2.24) is 0 Å². The van der Waals surface area contributed by atoms with Crippen LogP contribution in [0.4, 0.5) is 5.69 Å². The van der Waals surface area contributed by atoms with Crippen molar-refractivity contribution in [2.24, 2.45) is 11.8 Å². The Labute approximate surface area is 180 Å². The van der Waals surface area contributed by atoms with E-state index in [9.17, 15) is 4.79 Å². The average Bonchev–Trinajstić information content (AvgIpc) is 3.38. The molecule has 0 fully saturated rings. The number of hydrogen-bond donors (Lipinski definition) is 0. The Bertz CT molecular complexity index is 1050. The summed E-state index contributed by atoms with van der Waals surface area (Å²) < 4.78 is 1.13. The number of fused-ring (bicyclic) bond motifs is 4. The molecule has 3 heteroatoms. The first-order valence-electron chi connectivity index (χ1n) is 10.7. The van der Waals surface area contributed by atoms with E-state index < -0.39 is 0 Å². The predicted octanol–water partition coefficient (Wildman–Crippen LogP) is 6.55. The summed E-state index contributed by atoms with van der Waals surface area (Å²) in [6.45, 7) is 2.80. The lowest BCUT2D eigenvalue weighted by atomic mass is 9.70. The number of hydrogen-bond acceptors (Lipinski definition) is 2. The summed E-state index contributed by atoms with van der Waals surface area (Å²) in [5.41, 5.74) is 6.44. The lowest BCUT2D eigenvalue weighted by Crippen LogP contribution is -2.46. The van der Waals surface area contributed by atoms with Crippen molar-refractivity contribution in [3.05, 3.63) is 87.4 Å². The molecule has 0 bridgehead atoms. The fourth-order valence-electron chi connectivity index (χ4n) is 6.22. The van der Waals surface area contributed by atoms with Crippen molar-refractivity contribution in [2.75, 3.05) is 11.4 Å². The van der Waals surface area contributed by atoms with Crippen LogP contribution in [0.15, 0.2) is 65.2 Å². The van der Waals surface area contributed by atoms with E-state index in [0.717, 1.165) is 29.4 Å². The SMILES string of the molecule is CC(=O)c1cc2c3c(c1)[C@@H]1C=CC[C@H]1[C@H](c1ccc(Br)cc1)N3C[C@H]1CC=C[C@H]21. The van der Waals surface area contributed by atoms with Crippen LogP contribution in [0.25, 0.3) is 0 Å². The molecule has 2 heterocycles. The zero-order valence-corrected chi connectivity index (χ0v) is 18.1. The predicted molar refractivity (Wildman–Crippen MR) is 121 cm³/mol. The largest absolute Gasteiger partial charge is 0.363 e. The molecular weight excluding hydrogens is 422 g/mol. The van der Waals surface area contributed by atoms with E-state index in [-0.39, 0.29) is 5.78 Å². The molecule has 0 saturated carbocycles. The van der Waals surface area contributed by atoms with Gasteiger partial charge in [0.05, 0.1) is 6.04 Å². The maximum atomic E-state index is 12.3. The van der Waals surface area contributed by atoms with E-state index in [1.165, 1.54) is 22.4 Å². The van der Waals surface area contributed by atoms with Crippen molar-refractivity contribution in [2.45, 2.75) is 37.6 Å². The summed E-state index contributed by atoms with van der Waals surface area (Å²) in [6.07, 6.45) is 11.7. The van der Waals surface area contributed by atoms with Crippen LogP contribution in [0.2, 0.25) is 0 Å². The lowest BCUT2D eigenvalue weighted by molar-refractivity contribution is 0.101. The van der Waals surface area contributed by atoms with Crippen LogP contribution in [-0.2, 0) is 0 Å². The van der Waals surface area contributed by atoms with Crippen LogP contribution in [-0.4, -0.2) is 12.3 Å². The molecule has 0 saturated heterocycles. The molecular formula is C26H24BrNO. The second kappa shape index (κ2) is 6.43. The van der Waals surface area contributed by atoms with E-state index in [4.69, 9.17) is 0 Å². The second-order valence-electron chi connectivity index (χ2n) is 9.01. The minimum Gasteiger partial charge on any atom is -0.363 e. The third-order valence-electron chi connectivity index (χ3n) is 7.47. The van der Waals surface area contributed by atoms with E-state index in [1.807, 2.05) is 0 Å². The molecule has 6 rings (SSSR count). The van der Waals surface area contributed by atoms with Crippen molar-refractivity contribution in [1.29, 1.82) is 0 Å². The van der Waals surface area contributed by atoms with Crippen LogP contribution in [0, 0.1) is 11.8 Å². The molecule has 0 unspecified atom stereocenters. The van der Waals surface area contributed by atoms with Gasteiger partial charge in [0.1, 0.15) is 0 Å². The van der Waals surface area contributed by atoms with Gasteiger partial charge in [-0.2, -0.15) is 0 Å². The monoisotopic (exact) mass is 445 g/mol. The molecule has 2 aromatic carbocycles. The summed E-state index contributed by atoms with van der Waals surface area (Å²) in [7, 11) is 0. The number of anilines is 1. The van der Waals surface area contributed by atoms with E-state index in [0.29, 0.717) is 29.7 Å². The first-order valence-corrected chi connectivity index (χ1v) is 11.5. The highest BCUT2D eigenvalue weighted by Gasteiger charge is 2.47. The Balaban J connectivity index is 1.59. The molecule has 29 heavy (non-hydrogen) atoms. The Hall–Kier alpha value is -2.13. The highest BCUT2D eigenvalue weighted by Crippen LogP contribution is 2.58. The lowest BCUT2D eigenvalue weighted by Gasteiger charge is -2.51. The van der Waals surface area contributed by atoms with Crippen LogP contribution in [0.1, 0.15) is 64.7 Å². The van der Waals surface area contributed by atoms with Gasteiger partial charge in [-0.1, -0.05) is 52.4 Å². The van der Waals surface area contributed by atoms with E-state index in [2.05, 4.69) is 81.5 Å². The number of rotatable bonds is 2. The first-order chi connectivity index (χ1) is 14.1. The number of Topliss-reactive ketones (excluding diaryl/α,β-unsaturated/α-hetero) is 1. The minimum absolute atomic E-state index is 0.174. The average molecular weight is 446 g/mol. The number of allylic oxidation sites excluding steroid dienone is 4. The molecule has 2 nitrogen and oxygen atoms in total. The number of halogens is 1. The fraction of sp³-hybridized carbons (Fsp3) is 0.346. The molecule has 146 valence electrons. The van der Waals surface area contributed by atoms with Gasteiger partial charge in [0, 0.05) is 34.1 Å². The highest BCUT2D eigenvalue weighted by atomic mass is 79.9. The molecule has 0 spiro atoms. The quantitative estimate of drug-likeness (QED) is 0.385. The van der Waals surface area contributed by atoms with Crippen molar-refractivity contribution in [3.63, 3.8) is 0 Å². The smallest absolute Gasteiger partial charge is 0.159 e. The number of carbonyl (C=O) groups excluding carboxylic acids is 1. The van der Waals surface area contributed by atoms with Crippen LogP contribution in [0.5, 0.6) is 0 Å². The Morgan fingerprint density at radius 2 is 1.69 bits per heavy atom. The molecule has 0 aromatic heterocycles. The fourth-order valence-corrected chi connectivity index (χ4v) is 6.48. The van der Waals surface area contributed by atoms with Gasteiger partial charge in [0.2, 0.25) is 0 Å². The molecule has 5 atom stereocenters. The second-order valence-corrected chi connectivity index (χ2v) is 9.93. The van der Waals surface area contributed by atoms with Gasteiger partial charge in [-0.05, 0) is 72.6 Å². The molecule has 2 aliphatic heterocycles. The topological polar surface area (TPSA) is 20.3 Å². The van der Waals surface area contributed by atoms with Gasteiger partial charge in [0.25, 0.3) is 0 Å². The Morgan fingerprint density at radius 1 is 1.00 bits per heavy atom. The number of ketones is 1. The summed E-state index contributed by atoms with van der Waals surface area (Å²) in [5, 5.41) is 0. The third kappa shape index (κ3) is 2.56. The van der Waals surface area contributed by atoms with Gasteiger partial charge < -0.3 is 4.90 Å². The maximum Gasteiger partial charge on any atom is 0.159 e. The zero-order valence-electron chi connectivity index (χ0n) is 16.5. The van der Waals surface area contributed by atoms with Crippen molar-refractivity contribution >= 4 is 27.4 Å². The Kier molecular flexibility index (Phi) is 3.93. The van der Waals surface area contributed by atoms with Crippen LogP contribution >= 0.6 is 15.9 Å². The van der Waals surface area contributed by atoms with Crippen molar-refractivity contribution < 1.29 is 4.79 Å². The molecule has 4 aliphatic rings. The minimum atomic E-state index is 0.174. The van der Waals surface area contributed by atoms with Gasteiger partial charge in [-0.15, -0.1) is 0 Å². The number of carbonyl (C=O) groups is 1. The summed E-state index contributed by atoms with van der Waals surface area (Å²) in [4.78, 5) is 15.0. The Morgan fingerprint density at radius 3 is 2.45 bits per heavy atom. The van der Waals surface area contributed by atoms with Gasteiger partial charge >= 0.3 is 0 Å². The molecule has 0 amide bonds. The standard InChI is InChI=1S/C26H24BrNO/c1-15(29)18-12-23-20-5-2-4-17(20)14-28-25(16-8-10-19(27)11-9-16)22-7-3-6-21(22)24(13-18)26(23)28/h2-3,5-6,8-13,17,20-22,25H,4,7,14H2,1H3/t17-,20+,21-,22-,25+/m1/s1. The summed E-state index contributed by atoms with van der Waals surface area (Å²) in [6, 6.07) is 13.7. The molecule has 2 aromatic rings. The molecule has 2 aliphatic carbocycles. The van der Waals surface area contributed by atoms with Crippen molar-refractivity contribution in [3.8, 4) is 0 Å². The van der Waals surface area contributed by atoms with E-state index >= 15 is 0 Å².